The molecule has 0 amide bonds. The van der Waals surface area contributed by atoms with Crippen molar-refractivity contribution < 1.29 is 13.9 Å². The van der Waals surface area contributed by atoms with Crippen molar-refractivity contribution in [2.24, 2.45) is 0 Å². The zero-order valence-electron chi connectivity index (χ0n) is 5.45. The molecular weight excluding hydrogens is 132 g/mol. The topological polar surface area (TPSA) is 31.6 Å². The third-order valence-corrected chi connectivity index (χ3v) is 1.44. The summed E-state index contributed by atoms with van der Waals surface area (Å²) in [6, 6.07) is 1.84. The van der Waals surface area contributed by atoms with E-state index in [0.717, 1.165) is 5.56 Å². The van der Waals surface area contributed by atoms with Gasteiger partial charge in [0, 0.05) is 5.56 Å². The lowest BCUT2D eigenvalue weighted by Crippen LogP contribution is -1.94. The minimum absolute atomic E-state index is 0.196. The smallest absolute Gasteiger partial charge is 0.187 e. The van der Waals surface area contributed by atoms with Gasteiger partial charge in [0.25, 0.3) is 0 Å². The van der Waals surface area contributed by atoms with E-state index in [1.165, 1.54) is 0 Å². The van der Waals surface area contributed by atoms with Gasteiger partial charge >= 0.3 is 0 Å². The van der Waals surface area contributed by atoms with Crippen molar-refractivity contribution >= 4 is 0 Å². The molecule has 54 valence electrons. The molecule has 1 aromatic rings. The molecule has 1 aliphatic heterocycles. The van der Waals surface area contributed by atoms with Crippen LogP contribution in [0.2, 0.25) is 0 Å². The average molecular weight is 140 g/mol. The van der Waals surface area contributed by atoms with Crippen LogP contribution < -0.4 is 0 Å². The fraction of sp³-hybridized carbons (Fsp3) is 0.429. The zero-order valence-corrected chi connectivity index (χ0v) is 5.45. The maximum absolute atomic E-state index is 5.22. The first kappa shape index (κ1) is 5.95. The van der Waals surface area contributed by atoms with E-state index in [4.69, 9.17) is 13.9 Å². The van der Waals surface area contributed by atoms with Gasteiger partial charge in [-0.15, -0.1) is 0 Å². The van der Waals surface area contributed by atoms with E-state index >= 15 is 0 Å². The van der Waals surface area contributed by atoms with Gasteiger partial charge in [-0.1, -0.05) is 0 Å². The Balaban J connectivity index is 2.12. The van der Waals surface area contributed by atoms with Gasteiger partial charge in [-0.25, -0.2) is 0 Å². The number of furan rings is 1. The van der Waals surface area contributed by atoms with Gasteiger partial charge in [-0.2, -0.15) is 0 Å². The normalized spacial score (nSPS) is 20.0. The molecule has 0 N–H and O–H groups in total. The van der Waals surface area contributed by atoms with Gasteiger partial charge in [0.05, 0.1) is 25.7 Å². The van der Waals surface area contributed by atoms with Gasteiger partial charge in [-0.05, 0) is 6.07 Å². The number of rotatable bonds is 1. The summed E-state index contributed by atoms with van der Waals surface area (Å²) < 4.78 is 15.3. The van der Waals surface area contributed by atoms with E-state index < -0.39 is 0 Å². The predicted octanol–water partition coefficient (Wildman–Crippen LogP) is 1.32. The lowest BCUT2D eigenvalue weighted by atomic mass is 10.3. The molecular formula is C7H8O3. The first-order chi connectivity index (χ1) is 4.97. The van der Waals surface area contributed by atoms with Gasteiger partial charge in [0.2, 0.25) is 0 Å². The molecule has 10 heavy (non-hydrogen) atoms. The second kappa shape index (κ2) is 2.44. The standard InChI is InChI=1S/C7H8O3/c1-2-8-5-6(1)7-9-3-4-10-7/h1-2,5,7H,3-4H2. The molecule has 3 nitrogen and oxygen atoms in total. The van der Waals surface area contributed by atoms with Crippen LogP contribution in [0, 0.1) is 0 Å². The Morgan fingerprint density at radius 1 is 1.30 bits per heavy atom. The van der Waals surface area contributed by atoms with Crippen LogP contribution in [0.4, 0.5) is 0 Å². The maximum atomic E-state index is 5.22. The highest BCUT2D eigenvalue weighted by molar-refractivity contribution is 5.07. The molecule has 0 spiro atoms. The van der Waals surface area contributed by atoms with Crippen molar-refractivity contribution in [3.05, 3.63) is 24.2 Å². The Kier molecular flexibility index (Phi) is 1.45. The van der Waals surface area contributed by atoms with Crippen molar-refractivity contribution in [2.45, 2.75) is 6.29 Å². The summed E-state index contributed by atoms with van der Waals surface area (Å²) in [5.41, 5.74) is 0.956. The van der Waals surface area contributed by atoms with E-state index in [0.29, 0.717) is 13.2 Å². The third-order valence-electron chi connectivity index (χ3n) is 1.44. The second-order valence-electron chi connectivity index (χ2n) is 2.13. The summed E-state index contributed by atoms with van der Waals surface area (Å²) in [4.78, 5) is 0. The minimum atomic E-state index is -0.196. The first-order valence-electron chi connectivity index (χ1n) is 3.22. The van der Waals surface area contributed by atoms with Crippen LogP contribution in [0.25, 0.3) is 0 Å². The summed E-state index contributed by atoms with van der Waals surface area (Å²) in [5, 5.41) is 0. The fourth-order valence-electron chi connectivity index (χ4n) is 0.960. The molecule has 0 aliphatic carbocycles. The van der Waals surface area contributed by atoms with E-state index in [2.05, 4.69) is 0 Å². The van der Waals surface area contributed by atoms with Crippen molar-refractivity contribution in [1.82, 2.24) is 0 Å². The number of ether oxygens (including phenoxy) is 2. The molecule has 1 aromatic heterocycles. The molecule has 3 heteroatoms. The van der Waals surface area contributed by atoms with Gasteiger partial charge < -0.3 is 13.9 Å². The Morgan fingerprint density at radius 2 is 2.10 bits per heavy atom. The molecule has 1 saturated heterocycles. The van der Waals surface area contributed by atoms with E-state index in [1.807, 2.05) is 6.07 Å². The molecule has 1 fully saturated rings. The minimum Gasteiger partial charge on any atom is -0.472 e. The summed E-state index contributed by atoms with van der Waals surface area (Å²) in [6.45, 7) is 1.35. The van der Waals surface area contributed by atoms with Crippen LogP contribution in [-0.4, -0.2) is 13.2 Å². The molecule has 1 aliphatic rings. The summed E-state index contributed by atoms with van der Waals surface area (Å²) in [7, 11) is 0. The summed E-state index contributed by atoms with van der Waals surface area (Å²) >= 11 is 0. The SMILES string of the molecule is c1cc(C2OCCO2)co1. The van der Waals surface area contributed by atoms with Gasteiger partial charge in [0.1, 0.15) is 0 Å². The quantitative estimate of drug-likeness (QED) is 0.589. The zero-order chi connectivity index (χ0) is 6.81. The van der Waals surface area contributed by atoms with Crippen LogP contribution in [0.3, 0.4) is 0 Å². The largest absolute Gasteiger partial charge is 0.472 e. The Hall–Kier alpha value is -0.800. The highest BCUT2D eigenvalue weighted by atomic mass is 16.7. The molecule has 0 radical (unpaired) electrons. The lowest BCUT2D eigenvalue weighted by molar-refractivity contribution is -0.0444. The maximum Gasteiger partial charge on any atom is 0.187 e. The molecule has 0 bridgehead atoms. The Morgan fingerprint density at radius 3 is 2.70 bits per heavy atom. The molecule has 0 unspecified atom stereocenters. The van der Waals surface area contributed by atoms with Crippen LogP contribution in [0.1, 0.15) is 11.9 Å². The molecule has 0 saturated carbocycles. The van der Waals surface area contributed by atoms with E-state index in [9.17, 15) is 0 Å². The predicted molar refractivity (Wildman–Crippen MR) is 33.4 cm³/mol. The fourth-order valence-corrected chi connectivity index (χ4v) is 0.960. The van der Waals surface area contributed by atoms with Crippen LogP contribution in [-0.2, 0) is 9.47 Å². The summed E-state index contributed by atoms with van der Waals surface area (Å²) in [6.07, 6.45) is 3.05. The molecule has 0 aromatic carbocycles. The van der Waals surface area contributed by atoms with Crippen molar-refractivity contribution in [2.75, 3.05) is 13.2 Å². The number of hydrogen-bond donors (Lipinski definition) is 0. The van der Waals surface area contributed by atoms with E-state index in [1.54, 1.807) is 12.5 Å². The van der Waals surface area contributed by atoms with Gasteiger partial charge in [-0.3, -0.25) is 0 Å². The highest BCUT2D eigenvalue weighted by Crippen LogP contribution is 2.22. The molecule has 2 rings (SSSR count). The lowest BCUT2D eigenvalue weighted by Gasteiger charge is -2.03. The van der Waals surface area contributed by atoms with Crippen LogP contribution in [0.5, 0.6) is 0 Å². The van der Waals surface area contributed by atoms with Crippen LogP contribution in [0.15, 0.2) is 23.0 Å². The monoisotopic (exact) mass is 140 g/mol. The van der Waals surface area contributed by atoms with Crippen molar-refractivity contribution in [3.63, 3.8) is 0 Å². The first-order valence-corrected chi connectivity index (χ1v) is 3.22. The number of hydrogen-bond acceptors (Lipinski definition) is 3. The Bertz CT molecular complexity index is 187. The molecule has 2 heterocycles. The Labute approximate surface area is 58.5 Å². The third kappa shape index (κ3) is 0.936. The summed E-state index contributed by atoms with van der Waals surface area (Å²) in [5.74, 6) is 0. The van der Waals surface area contributed by atoms with Crippen molar-refractivity contribution in [1.29, 1.82) is 0 Å². The molecule has 0 atom stereocenters. The second-order valence-corrected chi connectivity index (χ2v) is 2.13. The van der Waals surface area contributed by atoms with Crippen molar-refractivity contribution in [3.8, 4) is 0 Å². The van der Waals surface area contributed by atoms with Crippen LogP contribution >= 0.6 is 0 Å². The average Bonchev–Trinajstić information content (AvgIpc) is 2.59. The highest BCUT2D eigenvalue weighted by Gasteiger charge is 2.18. The van der Waals surface area contributed by atoms with E-state index in [-0.39, 0.29) is 6.29 Å². The van der Waals surface area contributed by atoms with Gasteiger partial charge in [0.15, 0.2) is 6.29 Å².